The average molecular weight is 536 g/mol. The quantitative estimate of drug-likeness (QED) is 0.189. The molecule has 0 aromatic heterocycles. The van der Waals surface area contributed by atoms with Gasteiger partial charge in [-0.25, -0.2) is 9.59 Å². The van der Waals surface area contributed by atoms with Gasteiger partial charge in [-0.05, 0) is 49.0 Å². The Morgan fingerprint density at radius 3 is 1.09 bits per heavy atom. The first-order valence-corrected chi connectivity index (χ1v) is 9.80. The van der Waals surface area contributed by atoms with Crippen molar-refractivity contribution in [2.45, 2.75) is 25.7 Å². The predicted molar refractivity (Wildman–Crippen MR) is 136 cm³/mol. The van der Waals surface area contributed by atoms with Crippen molar-refractivity contribution in [1.29, 1.82) is 0 Å². The van der Waals surface area contributed by atoms with E-state index in [0.29, 0.717) is 0 Å². The summed E-state index contributed by atoms with van der Waals surface area (Å²) in [5.41, 5.74) is 1.80. The van der Waals surface area contributed by atoms with Gasteiger partial charge in [0, 0.05) is 12.2 Å². The molecule has 0 aliphatic heterocycles. The Morgan fingerprint density at radius 2 is 0.848 bits per heavy atom. The number of aliphatic carboxylic acids is 2. The van der Waals surface area contributed by atoms with E-state index in [1.165, 1.54) is 25.7 Å². The molecular formula is C28H34O4Ru. The monoisotopic (exact) mass is 536 g/mol. The number of carboxylic acids is 2. The molecule has 0 fully saturated rings. The van der Waals surface area contributed by atoms with Crippen LogP contribution in [0.4, 0.5) is 0 Å². The van der Waals surface area contributed by atoms with Gasteiger partial charge >= 0.3 is 31.4 Å². The van der Waals surface area contributed by atoms with E-state index in [2.05, 4.69) is 24.3 Å². The fraction of sp³-hybridized carbons (Fsp3) is 0.143. The van der Waals surface area contributed by atoms with E-state index < -0.39 is 11.9 Å². The third-order valence-electron chi connectivity index (χ3n) is 3.77. The molecule has 0 amide bonds. The first-order chi connectivity index (χ1) is 14.6. The van der Waals surface area contributed by atoms with Gasteiger partial charge in [-0.1, -0.05) is 85.0 Å². The molecule has 0 saturated carbocycles. The molecule has 4 nitrogen and oxygen atoms in total. The molecule has 2 aromatic rings. The van der Waals surface area contributed by atoms with Crippen LogP contribution in [-0.2, 0) is 29.1 Å². The molecule has 2 aromatic carbocycles. The Balaban J connectivity index is -0.000000396. The first kappa shape index (κ1) is 34.6. The van der Waals surface area contributed by atoms with Crippen LogP contribution in [0.25, 0.3) is 12.2 Å². The molecule has 0 atom stereocenters. The van der Waals surface area contributed by atoms with Crippen molar-refractivity contribution in [1.82, 2.24) is 0 Å². The van der Waals surface area contributed by atoms with Crippen LogP contribution >= 0.6 is 0 Å². The second-order valence-corrected chi connectivity index (χ2v) is 6.26. The van der Waals surface area contributed by atoms with Crippen molar-refractivity contribution in [3.05, 3.63) is 123 Å². The van der Waals surface area contributed by atoms with Gasteiger partial charge in [0.25, 0.3) is 0 Å². The summed E-state index contributed by atoms with van der Waals surface area (Å²) in [4.78, 5) is 20.2. The molecule has 0 saturated heterocycles. The summed E-state index contributed by atoms with van der Waals surface area (Å²) in [5, 5.41) is 16.6. The summed E-state index contributed by atoms with van der Waals surface area (Å²) in [6.07, 6.45) is 19.4. The van der Waals surface area contributed by atoms with Gasteiger partial charge in [0.1, 0.15) is 0 Å². The summed E-state index contributed by atoms with van der Waals surface area (Å²) in [5.74, 6) is -1.84. The number of hydrogen-bond donors (Lipinski definition) is 2. The molecule has 1 aliphatic carbocycles. The molecule has 0 unspecified atom stereocenters. The van der Waals surface area contributed by atoms with Gasteiger partial charge in [-0.3, -0.25) is 0 Å². The van der Waals surface area contributed by atoms with E-state index >= 15 is 0 Å². The first-order valence-electron chi connectivity index (χ1n) is 9.80. The zero-order valence-electron chi connectivity index (χ0n) is 19.3. The SMILES string of the molecule is C1=CCC/C=C\CC1.O=C(O)/C=C/c1ccccc1.O=C(O)/C=C/c1ccccc1.[CH3-].[CH3-].[Ru+2]. The van der Waals surface area contributed by atoms with E-state index in [0.717, 1.165) is 23.3 Å². The second kappa shape index (κ2) is 23.6. The number of carboxylic acid groups (broad SMARTS) is 2. The average Bonchev–Trinajstić information content (AvgIpc) is 2.73. The zero-order chi connectivity index (χ0) is 21.9. The fourth-order valence-electron chi connectivity index (χ4n) is 2.32. The van der Waals surface area contributed by atoms with Crippen LogP contribution in [0.1, 0.15) is 36.8 Å². The number of benzene rings is 2. The van der Waals surface area contributed by atoms with Crippen molar-refractivity contribution in [3.63, 3.8) is 0 Å². The molecule has 0 spiro atoms. The largest absolute Gasteiger partial charge is 2.00 e. The van der Waals surface area contributed by atoms with Gasteiger partial charge in [0.2, 0.25) is 0 Å². The molecule has 5 heteroatoms. The summed E-state index contributed by atoms with van der Waals surface area (Å²) in [6.45, 7) is 0. The van der Waals surface area contributed by atoms with E-state index in [-0.39, 0.29) is 34.3 Å². The van der Waals surface area contributed by atoms with Crippen LogP contribution in [-0.4, -0.2) is 22.2 Å². The van der Waals surface area contributed by atoms with Crippen LogP contribution in [0.5, 0.6) is 0 Å². The second-order valence-electron chi connectivity index (χ2n) is 6.26. The van der Waals surface area contributed by atoms with Crippen LogP contribution in [0.3, 0.4) is 0 Å². The van der Waals surface area contributed by atoms with Gasteiger partial charge in [-0.15, -0.1) is 0 Å². The maximum Gasteiger partial charge on any atom is 2.00 e. The number of hydrogen-bond acceptors (Lipinski definition) is 2. The van der Waals surface area contributed by atoms with Crippen LogP contribution in [0.15, 0.2) is 97.1 Å². The van der Waals surface area contributed by atoms with Crippen LogP contribution in [0.2, 0.25) is 0 Å². The van der Waals surface area contributed by atoms with Crippen molar-refractivity contribution in [2.24, 2.45) is 0 Å². The molecule has 3 rings (SSSR count). The Kier molecular flexibility index (Phi) is 24.7. The summed E-state index contributed by atoms with van der Waals surface area (Å²) < 4.78 is 0. The standard InChI is InChI=1S/2C9H8O2.C8H12.2CH3.Ru/c2*10-9(11)7-6-8-4-2-1-3-5-8;1-2-4-6-8-7-5-3-1;;;/h2*1-7H,(H,10,11);1-2,7-8H,3-6H2;2*1H3;/q;;;2*-1;+2/b2*7-6+;2-1-,8-7?;;;. The van der Waals surface area contributed by atoms with E-state index in [1.54, 1.807) is 12.2 Å². The summed E-state index contributed by atoms with van der Waals surface area (Å²) in [6, 6.07) is 18.6. The predicted octanol–water partition coefficient (Wildman–Crippen LogP) is 7.14. The van der Waals surface area contributed by atoms with Crippen LogP contribution < -0.4 is 0 Å². The zero-order valence-corrected chi connectivity index (χ0v) is 21.0. The van der Waals surface area contributed by atoms with E-state index in [1.807, 2.05) is 60.7 Å². The molecule has 33 heavy (non-hydrogen) atoms. The summed E-state index contributed by atoms with van der Waals surface area (Å²) >= 11 is 0. The number of carbonyl (C=O) groups is 2. The van der Waals surface area contributed by atoms with Crippen molar-refractivity contribution in [2.75, 3.05) is 0 Å². The normalized spacial score (nSPS) is 12.6. The van der Waals surface area contributed by atoms with Gasteiger partial charge < -0.3 is 25.1 Å². The Hall–Kier alpha value is -3.04. The number of allylic oxidation sites excluding steroid dienone is 4. The Morgan fingerprint density at radius 1 is 0.576 bits per heavy atom. The Labute approximate surface area is 211 Å². The third kappa shape index (κ3) is 22.0. The minimum atomic E-state index is -0.922. The number of rotatable bonds is 4. The van der Waals surface area contributed by atoms with Gasteiger partial charge in [0.15, 0.2) is 0 Å². The van der Waals surface area contributed by atoms with Gasteiger partial charge in [-0.2, -0.15) is 0 Å². The van der Waals surface area contributed by atoms with E-state index in [9.17, 15) is 9.59 Å². The van der Waals surface area contributed by atoms with Crippen molar-refractivity contribution >= 4 is 24.1 Å². The molecule has 1 aliphatic rings. The molecule has 0 bridgehead atoms. The smallest absolute Gasteiger partial charge is 0.478 e. The molecule has 178 valence electrons. The van der Waals surface area contributed by atoms with E-state index in [4.69, 9.17) is 10.2 Å². The van der Waals surface area contributed by atoms with Crippen LogP contribution in [0, 0.1) is 14.9 Å². The van der Waals surface area contributed by atoms with Gasteiger partial charge in [0.05, 0.1) is 0 Å². The molecule has 0 radical (unpaired) electrons. The van der Waals surface area contributed by atoms with Crippen molar-refractivity contribution in [3.8, 4) is 0 Å². The third-order valence-corrected chi connectivity index (χ3v) is 3.77. The molecule has 2 N–H and O–H groups in total. The fourth-order valence-corrected chi connectivity index (χ4v) is 2.32. The minimum absolute atomic E-state index is 0. The Bertz CT molecular complexity index is 768. The topological polar surface area (TPSA) is 74.6 Å². The maximum absolute atomic E-state index is 10.1. The maximum atomic E-state index is 10.1. The molecular weight excluding hydrogens is 501 g/mol. The van der Waals surface area contributed by atoms with Crippen molar-refractivity contribution < 1.29 is 39.3 Å². The molecule has 0 heterocycles. The summed E-state index contributed by atoms with van der Waals surface area (Å²) in [7, 11) is 0. The minimum Gasteiger partial charge on any atom is -0.478 e.